The zero-order valence-corrected chi connectivity index (χ0v) is 17.6. The summed E-state index contributed by atoms with van der Waals surface area (Å²) < 4.78 is 55.4. The maximum atomic E-state index is 14.1. The third-order valence-corrected chi connectivity index (χ3v) is 8.36. The van der Waals surface area contributed by atoms with Crippen LogP contribution in [0.5, 0.6) is 0 Å². The normalized spacial score (nSPS) is 20.4. The number of carboxylic acid groups (broad SMARTS) is 1. The van der Waals surface area contributed by atoms with Crippen LogP contribution < -0.4 is 5.48 Å². The number of carbonyl (C=O) groups is 2. The molecule has 3 N–H and O–H groups in total. The summed E-state index contributed by atoms with van der Waals surface area (Å²) >= 11 is 0. The van der Waals surface area contributed by atoms with Crippen molar-refractivity contribution in [3.05, 3.63) is 35.4 Å². The second kappa shape index (κ2) is 9.05. The zero-order chi connectivity index (χ0) is 22.8. The molecule has 0 saturated carbocycles. The van der Waals surface area contributed by atoms with Crippen LogP contribution in [0.4, 0.5) is 13.6 Å². The van der Waals surface area contributed by atoms with Gasteiger partial charge in [-0.05, 0) is 43.7 Å². The van der Waals surface area contributed by atoms with Gasteiger partial charge >= 0.3 is 6.09 Å². The van der Waals surface area contributed by atoms with Crippen LogP contribution in [0.2, 0.25) is 0 Å². The fourth-order valence-electron chi connectivity index (χ4n) is 4.45. The SMILES string of the molecule is O=C(O)N1CCC(CS(=O)(=O)N2CCC(c3c(F)cccc3F)CC2)(C(=O)NO)CC1. The summed E-state index contributed by atoms with van der Waals surface area (Å²) in [4.78, 5) is 24.6. The average molecular weight is 461 g/mol. The van der Waals surface area contributed by atoms with Crippen molar-refractivity contribution < 1.29 is 37.1 Å². The molecule has 0 unspecified atom stereocenters. The van der Waals surface area contributed by atoms with Crippen molar-refractivity contribution in [1.29, 1.82) is 0 Å². The Labute approximate surface area is 178 Å². The number of piperidine rings is 2. The van der Waals surface area contributed by atoms with Gasteiger partial charge in [-0.15, -0.1) is 0 Å². The van der Waals surface area contributed by atoms with E-state index in [0.717, 1.165) is 4.90 Å². The highest BCUT2D eigenvalue weighted by Gasteiger charge is 2.47. The smallest absolute Gasteiger partial charge is 0.407 e. The quantitative estimate of drug-likeness (QED) is 0.453. The number of halogens is 2. The molecule has 0 bridgehead atoms. The van der Waals surface area contributed by atoms with Crippen molar-refractivity contribution >= 4 is 22.0 Å². The number of benzene rings is 1. The first kappa shape index (κ1) is 23.4. The number of amides is 2. The Morgan fingerprint density at radius 3 is 2.13 bits per heavy atom. The molecule has 2 saturated heterocycles. The first-order chi connectivity index (χ1) is 14.6. The van der Waals surface area contributed by atoms with Gasteiger partial charge in [0.2, 0.25) is 10.0 Å². The summed E-state index contributed by atoms with van der Waals surface area (Å²) in [7, 11) is -3.95. The van der Waals surface area contributed by atoms with Crippen molar-refractivity contribution in [2.24, 2.45) is 5.41 Å². The molecule has 31 heavy (non-hydrogen) atoms. The lowest BCUT2D eigenvalue weighted by atomic mass is 9.79. The van der Waals surface area contributed by atoms with Gasteiger partial charge in [-0.25, -0.2) is 31.8 Å². The van der Waals surface area contributed by atoms with E-state index >= 15 is 0 Å². The molecule has 0 radical (unpaired) electrons. The van der Waals surface area contributed by atoms with Crippen LogP contribution in [0.15, 0.2) is 18.2 Å². The minimum atomic E-state index is -3.95. The Hall–Kier alpha value is -2.31. The predicted octanol–water partition coefficient (Wildman–Crippen LogP) is 1.74. The van der Waals surface area contributed by atoms with Gasteiger partial charge in [0.15, 0.2) is 0 Å². The molecule has 2 aliphatic rings. The minimum Gasteiger partial charge on any atom is -0.465 e. The van der Waals surface area contributed by atoms with Crippen molar-refractivity contribution in [2.45, 2.75) is 31.6 Å². The topological polar surface area (TPSA) is 127 Å². The van der Waals surface area contributed by atoms with Crippen LogP contribution in [0.25, 0.3) is 0 Å². The molecule has 2 heterocycles. The maximum Gasteiger partial charge on any atom is 0.407 e. The number of hydroxylamine groups is 1. The molecular formula is C19H25F2N3O6S. The summed E-state index contributed by atoms with van der Waals surface area (Å²) in [5.41, 5.74) is 0.00597. The summed E-state index contributed by atoms with van der Waals surface area (Å²) in [6, 6.07) is 3.61. The first-order valence-electron chi connectivity index (χ1n) is 9.94. The minimum absolute atomic E-state index is 0.0348. The molecule has 0 aliphatic carbocycles. The van der Waals surface area contributed by atoms with Crippen LogP contribution in [0.3, 0.4) is 0 Å². The highest BCUT2D eigenvalue weighted by atomic mass is 32.2. The predicted molar refractivity (Wildman–Crippen MR) is 105 cm³/mol. The highest BCUT2D eigenvalue weighted by Crippen LogP contribution is 2.37. The van der Waals surface area contributed by atoms with Crippen molar-refractivity contribution in [3.8, 4) is 0 Å². The number of likely N-dealkylation sites (tertiary alicyclic amines) is 1. The molecule has 9 nitrogen and oxygen atoms in total. The molecule has 3 rings (SSSR count). The second-order valence-electron chi connectivity index (χ2n) is 8.06. The third kappa shape index (κ3) is 4.80. The summed E-state index contributed by atoms with van der Waals surface area (Å²) in [6.45, 7) is 0.0114. The molecular weight excluding hydrogens is 436 g/mol. The van der Waals surface area contributed by atoms with Gasteiger partial charge < -0.3 is 10.0 Å². The second-order valence-corrected chi connectivity index (χ2v) is 10.0. The van der Waals surface area contributed by atoms with E-state index in [1.165, 1.54) is 28.0 Å². The van der Waals surface area contributed by atoms with Crippen LogP contribution in [-0.4, -0.2) is 71.9 Å². The molecule has 0 spiro atoms. The summed E-state index contributed by atoms with van der Waals surface area (Å²) in [6.07, 6.45) is -0.821. The lowest BCUT2D eigenvalue weighted by Crippen LogP contribution is -2.54. The monoisotopic (exact) mass is 461 g/mol. The van der Waals surface area contributed by atoms with Crippen LogP contribution >= 0.6 is 0 Å². The van der Waals surface area contributed by atoms with E-state index in [1.54, 1.807) is 0 Å². The largest absolute Gasteiger partial charge is 0.465 e. The molecule has 2 amide bonds. The number of nitrogens with one attached hydrogen (secondary N) is 1. The van der Waals surface area contributed by atoms with E-state index in [9.17, 15) is 26.8 Å². The highest BCUT2D eigenvalue weighted by molar-refractivity contribution is 7.89. The number of carbonyl (C=O) groups excluding carboxylic acids is 1. The van der Waals surface area contributed by atoms with Crippen molar-refractivity contribution in [2.75, 3.05) is 31.9 Å². The van der Waals surface area contributed by atoms with E-state index in [0.29, 0.717) is 0 Å². The lowest BCUT2D eigenvalue weighted by Gasteiger charge is -2.40. The number of nitrogens with zero attached hydrogens (tertiary/aromatic N) is 2. The van der Waals surface area contributed by atoms with Crippen LogP contribution in [0.1, 0.15) is 37.2 Å². The molecule has 2 fully saturated rings. The van der Waals surface area contributed by atoms with Gasteiger partial charge in [0, 0.05) is 31.7 Å². The Balaban J connectivity index is 1.71. The first-order valence-corrected chi connectivity index (χ1v) is 11.5. The maximum absolute atomic E-state index is 14.1. The van der Waals surface area contributed by atoms with Crippen molar-refractivity contribution in [1.82, 2.24) is 14.7 Å². The third-order valence-electron chi connectivity index (χ3n) is 6.29. The van der Waals surface area contributed by atoms with Gasteiger partial charge in [0.1, 0.15) is 11.6 Å². The average Bonchev–Trinajstić information content (AvgIpc) is 2.73. The van der Waals surface area contributed by atoms with Crippen LogP contribution in [0, 0.1) is 17.0 Å². The molecule has 2 aliphatic heterocycles. The molecule has 1 aromatic carbocycles. The van der Waals surface area contributed by atoms with Gasteiger partial charge in [-0.3, -0.25) is 10.0 Å². The lowest BCUT2D eigenvalue weighted by molar-refractivity contribution is -0.141. The fourth-order valence-corrected chi connectivity index (χ4v) is 6.51. The van der Waals surface area contributed by atoms with Gasteiger partial charge in [0.05, 0.1) is 11.2 Å². The summed E-state index contributed by atoms with van der Waals surface area (Å²) in [5.74, 6) is -3.24. The molecule has 12 heteroatoms. The van der Waals surface area contributed by atoms with Gasteiger partial charge in [0.25, 0.3) is 5.91 Å². The Morgan fingerprint density at radius 2 is 1.65 bits per heavy atom. The van der Waals surface area contributed by atoms with E-state index in [4.69, 9.17) is 10.3 Å². The Bertz CT molecular complexity index is 922. The van der Waals surface area contributed by atoms with Gasteiger partial charge in [-0.1, -0.05) is 6.07 Å². The summed E-state index contributed by atoms with van der Waals surface area (Å²) in [5, 5.41) is 18.2. The fraction of sp³-hybridized carbons (Fsp3) is 0.579. The molecule has 0 aromatic heterocycles. The standard InChI is InChI=1S/C19H25F2N3O6S/c20-14-2-1-3-15(21)16(14)13-4-8-24(9-5-13)31(29,30)12-19(17(25)22-28)6-10-23(11-7-19)18(26)27/h1-3,13,28H,4-12H2,(H,22,25)(H,26,27). The van der Waals surface area contributed by atoms with E-state index in [-0.39, 0.29) is 57.4 Å². The van der Waals surface area contributed by atoms with Crippen molar-refractivity contribution in [3.63, 3.8) is 0 Å². The molecule has 0 atom stereocenters. The number of hydrogen-bond acceptors (Lipinski definition) is 5. The Morgan fingerprint density at radius 1 is 1.10 bits per heavy atom. The molecule has 1 aromatic rings. The van der Waals surface area contributed by atoms with Crippen LogP contribution in [-0.2, 0) is 14.8 Å². The van der Waals surface area contributed by atoms with E-state index < -0.39 is 50.7 Å². The van der Waals surface area contributed by atoms with E-state index in [2.05, 4.69) is 0 Å². The van der Waals surface area contributed by atoms with Gasteiger partial charge in [-0.2, -0.15) is 0 Å². The Kier molecular flexibility index (Phi) is 6.82. The zero-order valence-electron chi connectivity index (χ0n) is 16.8. The number of rotatable bonds is 5. The molecule has 172 valence electrons. The van der Waals surface area contributed by atoms with E-state index in [1.807, 2.05) is 0 Å². The number of hydrogen-bond donors (Lipinski definition) is 3. The number of sulfonamides is 1.